The SMILES string of the molecule is CCOC(=O)c1cc(I)cc(I)c1O. The summed E-state index contributed by atoms with van der Waals surface area (Å²) in [6.07, 6.45) is 0. The minimum Gasteiger partial charge on any atom is -0.506 e. The number of carbonyl (C=O) groups excluding carboxylic acids is 1. The van der Waals surface area contributed by atoms with Gasteiger partial charge in [-0.3, -0.25) is 0 Å². The molecule has 0 radical (unpaired) electrons. The summed E-state index contributed by atoms with van der Waals surface area (Å²) in [5.74, 6) is -0.495. The first-order valence-electron chi connectivity index (χ1n) is 3.91. The van der Waals surface area contributed by atoms with Gasteiger partial charge in [0.2, 0.25) is 0 Å². The second kappa shape index (κ2) is 5.15. The molecule has 0 unspecified atom stereocenters. The van der Waals surface area contributed by atoms with Gasteiger partial charge in [0.05, 0.1) is 10.2 Å². The molecule has 3 nitrogen and oxygen atoms in total. The van der Waals surface area contributed by atoms with Crippen LogP contribution < -0.4 is 0 Å². The van der Waals surface area contributed by atoms with E-state index < -0.39 is 5.97 Å². The minimum atomic E-state index is -0.485. The Morgan fingerprint density at radius 1 is 1.50 bits per heavy atom. The number of carbonyl (C=O) groups is 1. The molecule has 1 N–H and O–H groups in total. The van der Waals surface area contributed by atoms with E-state index in [1.54, 1.807) is 19.1 Å². The van der Waals surface area contributed by atoms with Crippen LogP contribution in [0.1, 0.15) is 17.3 Å². The molecule has 1 aromatic rings. The Morgan fingerprint density at radius 3 is 2.71 bits per heavy atom. The Balaban J connectivity index is 3.13. The van der Waals surface area contributed by atoms with Crippen LogP contribution in [0, 0.1) is 7.14 Å². The second-order valence-corrected chi connectivity index (χ2v) is 4.91. The summed E-state index contributed by atoms with van der Waals surface area (Å²) in [4.78, 5) is 11.4. The number of esters is 1. The van der Waals surface area contributed by atoms with Crippen LogP contribution in [0.4, 0.5) is 0 Å². The zero-order chi connectivity index (χ0) is 10.7. The van der Waals surface area contributed by atoms with E-state index in [-0.39, 0.29) is 11.3 Å². The molecule has 76 valence electrons. The third-order valence-corrected chi connectivity index (χ3v) is 2.97. The van der Waals surface area contributed by atoms with Crippen molar-refractivity contribution in [2.45, 2.75) is 6.92 Å². The molecule has 0 aromatic heterocycles. The van der Waals surface area contributed by atoms with Crippen molar-refractivity contribution >= 4 is 51.2 Å². The quantitative estimate of drug-likeness (QED) is 0.594. The molecule has 0 atom stereocenters. The van der Waals surface area contributed by atoms with Gasteiger partial charge in [0.25, 0.3) is 0 Å². The number of hydrogen-bond acceptors (Lipinski definition) is 3. The van der Waals surface area contributed by atoms with Crippen molar-refractivity contribution < 1.29 is 14.6 Å². The minimum absolute atomic E-state index is 0.00975. The standard InChI is InChI=1S/C9H8I2O3/c1-2-14-9(13)6-3-5(10)4-7(11)8(6)12/h3-4,12H,2H2,1H3. The lowest BCUT2D eigenvalue weighted by molar-refractivity contribution is 0.0523. The maximum absolute atomic E-state index is 11.4. The number of halogens is 2. The molecule has 0 fully saturated rings. The van der Waals surface area contributed by atoms with Gasteiger partial charge in [-0.15, -0.1) is 0 Å². The maximum Gasteiger partial charge on any atom is 0.341 e. The van der Waals surface area contributed by atoms with E-state index in [9.17, 15) is 9.90 Å². The molecule has 0 heterocycles. The maximum atomic E-state index is 11.4. The van der Waals surface area contributed by atoms with E-state index in [1.807, 2.05) is 22.6 Å². The van der Waals surface area contributed by atoms with Crippen molar-refractivity contribution in [2.75, 3.05) is 6.61 Å². The van der Waals surface area contributed by atoms with Crippen molar-refractivity contribution in [1.82, 2.24) is 0 Å². The summed E-state index contributed by atoms with van der Waals surface area (Å²) in [7, 11) is 0. The molecular weight excluding hydrogens is 410 g/mol. The van der Waals surface area contributed by atoms with Gasteiger partial charge in [-0.25, -0.2) is 4.79 Å². The molecule has 1 rings (SSSR count). The van der Waals surface area contributed by atoms with Crippen molar-refractivity contribution in [3.63, 3.8) is 0 Å². The Hall–Kier alpha value is -0.0500. The highest BCUT2D eigenvalue weighted by atomic mass is 127. The van der Waals surface area contributed by atoms with E-state index in [0.29, 0.717) is 10.2 Å². The fraction of sp³-hybridized carbons (Fsp3) is 0.222. The van der Waals surface area contributed by atoms with Gasteiger partial charge in [-0.05, 0) is 64.2 Å². The van der Waals surface area contributed by atoms with Crippen LogP contribution in [0.5, 0.6) is 5.75 Å². The van der Waals surface area contributed by atoms with Crippen LogP contribution in [0.2, 0.25) is 0 Å². The molecule has 0 bridgehead atoms. The van der Waals surface area contributed by atoms with Gasteiger partial charge in [0, 0.05) is 3.57 Å². The average Bonchev–Trinajstić information content (AvgIpc) is 2.11. The third kappa shape index (κ3) is 2.72. The highest BCUT2D eigenvalue weighted by molar-refractivity contribution is 14.1. The molecule has 14 heavy (non-hydrogen) atoms. The van der Waals surface area contributed by atoms with Crippen LogP contribution in [0.15, 0.2) is 12.1 Å². The van der Waals surface area contributed by atoms with Crippen LogP contribution in [0.25, 0.3) is 0 Å². The lowest BCUT2D eigenvalue weighted by Gasteiger charge is -2.06. The summed E-state index contributed by atoms with van der Waals surface area (Å²) in [6.45, 7) is 2.04. The molecule has 0 aliphatic carbocycles. The summed E-state index contributed by atoms with van der Waals surface area (Å²) in [6, 6.07) is 3.40. The normalized spacial score (nSPS) is 9.93. The summed E-state index contributed by atoms with van der Waals surface area (Å²) in [5.41, 5.74) is 0.225. The molecule has 1 aromatic carbocycles. The molecule has 0 spiro atoms. The van der Waals surface area contributed by atoms with Gasteiger partial charge < -0.3 is 9.84 Å². The molecule has 0 saturated carbocycles. The largest absolute Gasteiger partial charge is 0.506 e. The molecule has 0 aliphatic heterocycles. The predicted molar refractivity (Wildman–Crippen MR) is 69.5 cm³/mol. The Labute approximate surface area is 109 Å². The van der Waals surface area contributed by atoms with Crippen LogP contribution in [-0.2, 0) is 4.74 Å². The third-order valence-electron chi connectivity index (χ3n) is 1.52. The van der Waals surface area contributed by atoms with E-state index in [0.717, 1.165) is 3.57 Å². The first-order chi connectivity index (χ1) is 6.56. The van der Waals surface area contributed by atoms with Crippen LogP contribution >= 0.6 is 45.2 Å². The Kier molecular flexibility index (Phi) is 4.42. The van der Waals surface area contributed by atoms with Gasteiger partial charge >= 0.3 is 5.97 Å². The first-order valence-corrected chi connectivity index (χ1v) is 6.07. The van der Waals surface area contributed by atoms with Gasteiger partial charge in [0.15, 0.2) is 0 Å². The number of ether oxygens (including phenoxy) is 1. The van der Waals surface area contributed by atoms with Crippen molar-refractivity contribution in [1.29, 1.82) is 0 Å². The fourth-order valence-electron chi connectivity index (χ4n) is 0.930. The van der Waals surface area contributed by atoms with Crippen LogP contribution in [-0.4, -0.2) is 17.7 Å². The molecular formula is C9H8I2O3. The molecule has 5 heteroatoms. The highest BCUT2D eigenvalue weighted by Gasteiger charge is 2.15. The predicted octanol–water partition coefficient (Wildman–Crippen LogP) is 2.78. The van der Waals surface area contributed by atoms with E-state index in [1.165, 1.54) is 0 Å². The molecule has 0 aliphatic rings. The second-order valence-electron chi connectivity index (χ2n) is 2.50. The smallest absolute Gasteiger partial charge is 0.341 e. The van der Waals surface area contributed by atoms with Crippen molar-refractivity contribution in [3.05, 3.63) is 24.8 Å². The lowest BCUT2D eigenvalue weighted by atomic mass is 10.2. The summed E-state index contributed by atoms with van der Waals surface area (Å²) < 4.78 is 6.36. The number of rotatable bonds is 2. The van der Waals surface area contributed by atoms with Gasteiger partial charge in [-0.1, -0.05) is 0 Å². The molecule has 0 amide bonds. The number of hydrogen-bond donors (Lipinski definition) is 1. The van der Waals surface area contributed by atoms with Crippen LogP contribution in [0.3, 0.4) is 0 Å². The van der Waals surface area contributed by atoms with E-state index in [4.69, 9.17) is 4.74 Å². The first kappa shape index (κ1) is 12.0. The van der Waals surface area contributed by atoms with E-state index >= 15 is 0 Å². The zero-order valence-corrected chi connectivity index (χ0v) is 11.7. The Morgan fingerprint density at radius 2 is 2.14 bits per heavy atom. The number of phenols is 1. The number of phenolic OH excluding ortho intramolecular Hbond substituents is 1. The van der Waals surface area contributed by atoms with Crippen molar-refractivity contribution in [3.8, 4) is 5.75 Å². The average molecular weight is 418 g/mol. The summed E-state index contributed by atoms with van der Waals surface area (Å²) >= 11 is 4.06. The zero-order valence-electron chi connectivity index (χ0n) is 7.38. The van der Waals surface area contributed by atoms with E-state index in [2.05, 4.69) is 22.6 Å². The van der Waals surface area contributed by atoms with Crippen molar-refractivity contribution in [2.24, 2.45) is 0 Å². The number of benzene rings is 1. The summed E-state index contributed by atoms with van der Waals surface area (Å²) in [5, 5.41) is 9.61. The van der Waals surface area contributed by atoms with Gasteiger partial charge in [-0.2, -0.15) is 0 Å². The Bertz CT molecular complexity index is 363. The van der Waals surface area contributed by atoms with Gasteiger partial charge in [0.1, 0.15) is 11.3 Å². The lowest BCUT2D eigenvalue weighted by Crippen LogP contribution is -2.05. The topological polar surface area (TPSA) is 46.5 Å². The highest BCUT2D eigenvalue weighted by Crippen LogP contribution is 2.27. The fourth-order valence-corrected chi connectivity index (χ4v) is 2.78. The number of aromatic hydroxyl groups is 1. The molecule has 0 saturated heterocycles. The monoisotopic (exact) mass is 418 g/mol.